The Kier molecular flexibility index (Phi) is 3.31. The summed E-state index contributed by atoms with van der Waals surface area (Å²) in [5.74, 6) is -1.26. The van der Waals surface area contributed by atoms with Crippen molar-refractivity contribution in [3.63, 3.8) is 0 Å². The Morgan fingerprint density at radius 1 is 1.17 bits per heavy atom. The number of hydrogen-bond acceptors (Lipinski definition) is 5. The van der Waals surface area contributed by atoms with Crippen molar-refractivity contribution in [2.75, 3.05) is 0 Å². The van der Waals surface area contributed by atoms with Crippen molar-refractivity contribution in [2.24, 2.45) is 0 Å². The fourth-order valence-corrected chi connectivity index (χ4v) is 2.67. The molecule has 3 aromatic heterocycles. The molecule has 0 atom stereocenters. The third-order valence-corrected chi connectivity index (χ3v) is 3.78. The van der Waals surface area contributed by atoms with Crippen LogP contribution in [0.4, 0.5) is 0 Å². The molecule has 0 aliphatic heterocycles. The summed E-state index contributed by atoms with van der Waals surface area (Å²) in [6, 6.07) is 11.4. The number of carbonyl (C=O) groups is 1. The van der Waals surface area contributed by atoms with Crippen LogP contribution in [0.1, 0.15) is 21.5 Å². The van der Waals surface area contributed by atoms with Gasteiger partial charge < -0.3 is 9.90 Å². The minimum Gasteiger partial charge on any atom is -0.545 e. The lowest BCUT2D eigenvalue weighted by atomic mass is 10.0. The first-order valence-corrected chi connectivity index (χ1v) is 7.33. The van der Waals surface area contributed by atoms with Gasteiger partial charge in [-0.25, -0.2) is 4.68 Å². The zero-order valence-electron chi connectivity index (χ0n) is 12.5. The highest BCUT2D eigenvalue weighted by Gasteiger charge is 2.08. The molecule has 3 heterocycles. The maximum absolute atomic E-state index is 11.3. The van der Waals surface area contributed by atoms with Gasteiger partial charge >= 0.3 is 0 Å². The van der Waals surface area contributed by atoms with Crippen molar-refractivity contribution < 1.29 is 9.90 Å². The summed E-state index contributed by atoms with van der Waals surface area (Å²) in [7, 11) is 0. The Morgan fingerprint density at radius 2 is 2.00 bits per heavy atom. The standard InChI is InChI=1S/C17H13N5O2/c23-17(24)15-9-13(10-21-11-18-20-16(15)21)8-12-2-4-14(5-3-12)22-7-1-6-19-22/h1-7,9-11H,8H2,(H,23,24)/p-1. The van der Waals surface area contributed by atoms with E-state index in [2.05, 4.69) is 15.3 Å². The van der Waals surface area contributed by atoms with Crippen molar-refractivity contribution in [1.82, 2.24) is 24.4 Å². The smallest absolute Gasteiger partial charge is 0.169 e. The van der Waals surface area contributed by atoms with Gasteiger partial charge in [-0.15, -0.1) is 10.2 Å². The first kappa shape index (κ1) is 14.1. The van der Waals surface area contributed by atoms with Gasteiger partial charge in [-0.1, -0.05) is 12.1 Å². The van der Waals surface area contributed by atoms with Crippen molar-refractivity contribution in [2.45, 2.75) is 6.42 Å². The first-order chi connectivity index (χ1) is 11.7. The lowest BCUT2D eigenvalue weighted by Gasteiger charge is -2.09. The molecule has 1 aromatic carbocycles. The maximum Gasteiger partial charge on any atom is 0.169 e. The number of fused-ring (bicyclic) bond motifs is 1. The van der Waals surface area contributed by atoms with E-state index in [-0.39, 0.29) is 11.2 Å². The third kappa shape index (κ3) is 2.52. The van der Waals surface area contributed by atoms with Crippen LogP contribution in [0, 0.1) is 0 Å². The highest BCUT2D eigenvalue weighted by Crippen LogP contribution is 2.16. The summed E-state index contributed by atoms with van der Waals surface area (Å²) < 4.78 is 3.37. The monoisotopic (exact) mass is 318 g/mol. The molecule has 7 nitrogen and oxygen atoms in total. The Labute approximate surface area is 136 Å². The maximum atomic E-state index is 11.3. The average Bonchev–Trinajstić information content (AvgIpc) is 3.26. The van der Waals surface area contributed by atoms with Gasteiger partial charge in [0.15, 0.2) is 5.65 Å². The Hall–Kier alpha value is -3.48. The van der Waals surface area contributed by atoms with Crippen LogP contribution < -0.4 is 5.11 Å². The third-order valence-electron chi connectivity index (χ3n) is 3.78. The summed E-state index contributed by atoms with van der Waals surface area (Å²) in [4.78, 5) is 11.3. The van der Waals surface area contributed by atoms with Crippen LogP contribution in [0.5, 0.6) is 0 Å². The van der Waals surface area contributed by atoms with E-state index in [1.54, 1.807) is 21.3 Å². The number of aromatic carboxylic acids is 1. The van der Waals surface area contributed by atoms with Crippen LogP contribution in [0.3, 0.4) is 0 Å². The largest absolute Gasteiger partial charge is 0.545 e. The zero-order chi connectivity index (χ0) is 16.5. The van der Waals surface area contributed by atoms with Gasteiger partial charge in [0.05, 0.1) is 11.7 Å². The minimum absolute atomic E-state index is 0.0400. The lowest BCUT2D eigenvalue weighted by molar-refractivity contribution is -0.254. The van der Waals surface area contributed by atoms with Crippen LogP contribution in [0.2, 0.25) is 0 Å². The zero-order valence-corrected chi connectivity index (χ0v) is 12.5. The van der Waals surface area contributed by atoms with E-state index >= 15 is 0 Å². The predicted molar refractivity (Wildman–Crippen MR) is 83.7 cm³/mol. The molecule has 0 amide bonds. The number of hydrogen-bond donors (Lipinski definition) is 0. The number of carboxylic acid groups (broad SMARTS) is 1. The quantitative estimate of drug-likeness (QED) is 0.557. The molecule has 0 aliphatic carbocycles. The molecule has 118 valence electrons. The topological polar surface area (TPSA) is 88.1 Å². The van der Waals surface area contributed by atoms with Crippen LogP contribution >= 0.6 is 0 Å². The van der Waals surface area contributed by atoms with Crippen LogP contribution in [0.25, 0.3) is 11.3 Å². The number of nitrogens with zero attached hydrogens (tertiary/aromatic N) is 5. The molecule has 0 N–H and O–H groups in total. The number of benzene rings is 1. The average molecular weight is 318 g/mol. The van der Waals surface area contributed by atoms with Crippen LogP contribution in [0.15, 0.2) is 61.3 Å². The van der Waals surface area contributed by atoms with Crippen molar-refractivity contribution >= 4 is 11.6 Å². The number of aromatic nitrogens is 5. The summed E-state index contributed by atoms with van der Waals surface area (Å²) >= 11 is 0. The lowest BCUT2D eigenvalue weighted by Crippen LogP contribution is -2.23. The molecule has 0 unspecified atom stereocenters. The van der Waals surface area contributed by atoms with E-state index < -0.39 is 5.97 Å². The summed E-state index contributed by atoms with van der Waals surface area (Å²) in [6.07, 6.45) is 7.49. The highest BCUT2D eigenvalue weighted by atomic mass is 16.4. The summed E-state index contributed by atoms with van der Waals surface area (Å²) in [5, 5.41) is 23.0. The van der Waals surface area contributed by atoms with E-state index in [9.17, 15) is 9.90 Å². The van der Waals surface area contributed by atoms with Gasteiger partial charge in [-0.2, -0.15) is 5.10 Å². The number of pyridine rings is 1. The fourth-order valence-electron chi connectivity index (χ4n) is 2.67. The molecule has 0 fully saturated rings. The van der Waals surface area contributed by atoms with Crippen molar-refractivity contribution in [3.05, 3.63) is 78.0 Å². The van der Waals surface area contributed by atoms with Gasteiger partial charge in [0.25, 0.3) is 0 Å². The SMILES string of the molecule is O=C([O-])c1cc(Cc2ccc(-n3cccn3)cc2)cn2cnnc12. The van der Waals surface area contributed by atoms with Gasteiger partial charge in [0.1, 0.15) is 6.33 Å². The molecule has 0 saturated heterocycles. The Morgan fingerprint density at radius 3 is 2.71 bits per heavy atom. The van der Waals surface area contributed by atoms with Crippen molar-refractivity contribution in [1.29, 1.82) is 0 Å². The molecular formula is C17H12N5O2-. The van der Waals surface area contributed by atoms with E-state index in [0.29, 0.717) is 6.42 Å². The number of carboxylic acids is 1. The normalized spacial score (nSPS) is 11.0. The number of carbonyl (C=O) groups excluding carboxylic acids is 1. The Bertz CT molecular complexity index is 1000. The molecule has 0 radical (unpaired) electrons. The van der Waals surface area contributed by atoms with Gasteiger partial charge in [-0.3, -0.25) is 4.40 Å². The second kappa shape index (κ2) is 5.62. The van der Waals surface area contributed by atoms with Crippen LogP contribution in [-0.4, -0.2) is 30.3 Å². The molecule has 0 spiro atoms. The van der Waals surface area contributed by atoms with E-state index in [1.807, 2.05) is 42.7 Å². The predicted octanol–water partition coefficient (Wildman–Crippen LogP) is 0.869. The molecule has 7 heteroatoms. The van der Waals surface area contributed by atoms with E-state index in [0.717, 1.165) is 16.8 Å². The van der Waals surface area contributed by atoms with E-state index in [4.69, 9.17) is 0 Å². The number of rotatable bonds is 4. The first-order valence-electron chi connectivity index (χ1n) is 7.33. The Balaban J connectivity index is 1.65. The summed E-state index contributed by atoms with van der Waals surface area (Å²) in [6.45, 7) is 0. The van der Waals surface area contributed by atoms with Gasteiger partial charge in [0, 0.05) is 24.2 Å². The van der Waals surface area contributed by atoms with Gasteiger partial charge in [0.2, 0.25) is 0 Å². The van der Waals surface area contributed by atoms with E-state index in [1.165, 1.54) is 6.33 Å². The molecule has 0 saturated carbocycles. The summed E-state index contributed by atoms with van der Waals surface area (Å²) in [5.41, 5.74) is 3.19. The van der Waals surface area contributed by atoms with Crippen molar-refractivity contribution in [3.8, 4) is 5.69 Å². The van der Waals surface area contributed by atoms with Crippen LogP contribution in [-0.2, 0) is 6.42 Å². The fraction of sp³-hybridized carbons (Fsp3) is 0.0588. The molecule has 0 aliphatic rings. The molecule has 0 bridgehead atoms. The molecule has 4 rings (SSSR count). The molecule has 4 aromatic rings. The minimum atomic E-state index is -1.26. The second-order valence-corrected chi connectivity index (χ2v) is 5.41. The second-order valence-electron chi connectivity index (χ2n) is 5.41. The highest BCUT2D eigenvalue weighted by molar-refractivity contribution is 5.92. The molecular weight excluding hydrogens is 306 g/mol. The van der Waals surface area contributed by atoms with Gasteiger partial charge in [-0.05, 0) is 41.8 Å². The molecule has 24 heavy (non-hydrogen) atoms.